The van der Waals surface area contributed by atoms with Gasteiger partial charge in [0, 0.05) is 13.1 Å². The van der Waals surface area contributed by atoms with Crippen molar-refractivity contribution in [1.82, 2.24) is 9.91 Å². The van der Waals surface area contributed by atoms with E-state index < -0.39 is 12.7 Å². The van der Waals surface area contributed by atoms with Crippen LogP contribution in [0.2, 0.25) is 0 Å². The van der Waals surface area contributed by atoms with E-state index in [4.69, 9.17) is 4.84 Å². The smallest absolute Gasteiger partial charge is 0.401 e. The van der Waals surface area contributed by atoms with Crippen LogP contribution < -0.4 is 0 Å². The fraction of sp³-hybridized carbons (Fsp3) is 1.00. The van der Waals surface area contributed by atoms with Gasteiger partial charge in [-0.2, -0.15) is 13.2 Å². The molecule has 1 heterocycles. The second kappa shape index (κ2) is 7.34. The average molecular weight is 326 g/mol. The molecule has 0 aliphatic carbocycles. The van der Waals surface area contributed by atoms with E-state index in [9.17, 15) is 18.4 Å². The Kier molecular flexibility index (Phi) is 6.27. The lowest BCUT2D eigenvalue weighted by molar-refractivity contribution is -0.725. The van der Waals surface area contributed by atoms with Crippen molar-refractivity contribution in [3.05, 3.63) is 5.21 Å². The molecule has 1 aliphatic heterocycles. The lowest BCUT2D eigenvalue weighted by Gasteiger charge is -2.31. The Morgan fingerprint density at radius 1 is 1.27 bits per heavy atom. The molecule has 0 atom stereocenters. The number of nitrogens with zero attached hydrogens (tertiary/aromatic N) is 4. The minimum absolute atomic E-state index is 0.287. The van der Waals surface area contributed by atoms with Crippen LogP contribution in [0.25, 0.3) is 0 Å². The molecule has 1 fully saturated rings. The number of likely N-dealkylation sites (tertiary alicyclic amines) is 1. The summed E-state index contributed by atoms with van der Waals surface area (Å²) in [4.78, 5) is 6.94. The number of hydrogen-bond donors (Lipinski definition) is 0. The van der Waals surface area contributed by atoms with E-state index >= 15 is 0 Å². The minimum Gasteiger partial charge on any atom is -0.569 e. The van der Waals surface area contributed by atoms with Crippen molar-refractivity contribution >= 4 is 0 Å². The molecule has 6 nitrogen and oxygen atoms in total. The Balaban J connectivity index is 2.45. The summed E-state index contributed by atoms with van der Waals surface area (Å²) in [5.74, 6) is 0. The van der Waals surface area contributed by atoms with E-state index in [0.29, 0.717) is 24.4 Å². The number of hydrogen-bond acceptors (Lipinski definition) is 4. The molecule has 0 aromatic rings. The maximum absolute atomic E-state index is 12.3. The number of piperidine rings is 1. The van der Waals surface area contributed by atoms with Crippen molar-refractivity contribution in [2.24, 2.45) is 5.28 Å². The first kappa shape index (κ1) is 18.8. The minimum atomic E-state index is -4.18. The average Bonchev–Trinajstić information content (AvgIpc) is 2.35. The maximum atomic E-state index is 12.3. The monoisotopic (exact) mass is 326 g/mol. The van der Waals surface area contributed by atoms with Crippen LogP contribution >= 0.6 is 0 Å². The van der Waals surface area contributed by atoms with Gasteiger partial charge in [0.1, 0.15) is 6.10 Å². The van der Waals surface area contributed by atoms with Crippen LogP contribution in [0.1, 0.15) is 40.5 Å². The summed E-state index contributed by atoms with van der Waals surface area (Å²) >= 11 is 0. The summed E-state index contributed by atoms with van der Waals surface area (Å²) in [7, 11) is 0. The Morgan fingerprint density at radius 3 is 2.23 bits per heavy atom. The highest BCUT2D eigenvalue weighted by atomic mass is 19.4. The first-order valence-corrected chi connectivity index (χ1v) is 7.43. The molecule has 1 aliphatic rings. The Morgan fingerprint density at radius 2 is 1.82 bits per heavy atom. The van der Waals surface area contributed by atoms with Gasteiger partial charge in [-0.05, 0) is 40.5 Å². The van der Waals surface area contributed by atoms with Crippen LogP contribution in [-0.2, 0) is 4.84 Å². The molecule has 22 heavy (non-hydrogen) atoms. The zero-order chi connectivity index (χ0) is 17.0. The zero-order valence-corrected chi connectivity index (χ0v) is 13.6. The van der Waals surface area contributed by atoms with E-state index in [2.05, 4.69) is 5.28 Å². The predicted octanol–water partition coefficient (Wildman–Crippen LogP) is 2.94. The number of alkyl halides is 3. The molecule has 9 heteroatoms. The fourth-order valence-corrected chi connectivity index (χ4v) is 2.43. The predicted molar refractivity (Wildman–Crippen MR) is 74.8 cm³/mol. The second-order valence-corrected chi connectivity index (χ2v) is 6.42. The Bertz CT molecular complexity index is 374. The number of hydrazine groups is 1. The molecular formula is C13H25F3N4O2. The highest BCUT2D eigenvalue weighted by Gasteiger charge is 2.33. The SMILES string of the molecule is CCN(/[N+]([O-])=N\OC1CCN(CC(F)(F)F)CC1)C(C)(C)C. The third-order valence-corrected chi connectivity index (χ3v) is 3.48. The first-order valence-electron chi connectivity index (χ1n) is 7.43. The van der Waals surface area contributed by atoms with E-state index in [-0.39, 0.29) is 24.7 Å². The molecule has 0 aromatic heterocycles. The summed E-state index contributed by atoms with van der Waals surface area (Å²) in [6.07, 6.45) is -3.65. The van der Waals surface area contributed by atoms with Crippen molar-refractivity contribution in [3.8, 4) is 0 Å². The van der Waals surface area contributed by atoms with Gasteiger partial charge in [0.15, 0.2) is 0 Å². The molecular weight excluding hydrogens is 301 g/mol. The van der Waals surface area contributed by atoms with Gasteiger partial charge in [0.05, 0.1) is 23.6 Å². The summed E-state index contributed by atoms with van der Waals surface area (Å²) < 4.78 is 36.9. The zero-order valence-electron chi connectivity index (χ0n) is 13.6. The van der Waals surface area contributed by atoms with Crippen LogP contribution in [-0.4, -0.2) is 58.9 Å². The van der Waals surface area contributed by atoms with Crippen molar-refractivity contribution in [2.75, 3.05) is 26.2 Å². The van der Waals surface area contributed by atoms with Crippen LogP contribution in [0.5, 0.6) is 0 Å². The summed E-state index contributed by atoms with van der Waals surface area (Å²) in [6, 6.07) is 0. The highest BCUT2D eigenvalue weighted by Crippen LogP contribution is 2.21. The third kappa shape index (κ3) is 6.25. The van der Waals surface area contributed by atoms with Crippen molar-refractivity contribution in [2.45, 2.75) is 58.4 Å². The number of halogens is 3. The van der Waals surface area contributed by atoms with Crippen LogP contribution in [0.3, 0.4) is 0 Å². The molecule has 0 aromatic carbocycles. The normalized spacial score (nSPS) is 19.3. The van der Waals surface area contributed by atoms with Gasteiger partial charge in [0.25, 0.3) is 0 Å². The molecule has 130 valence electrons. The van der Waals surface area contributed by atoms with E-state index in [0.717, 1.165) is 0 Å². The lowest BCUT2D eigenvalue weighted by atomic mass is 10.1. The summed E-state index contributed by atoms with van der Waals surface area (Å²) in [5, 5.41) is 16.9. The summed E-state index contributed by atoms with van der Waals surface area (Å²) in [5.41, 5.74) is -0.389. The van der Waals surface area contributed by atoms with Gasteiger partial charge < -0.3 is 10.0 Å². The van der Waals surface area contributed by atoms with Gasteiger partial charge in [-0.3, -0.25) is 4.90 Å². The molecule has 0 saturated carbocycles. The van der Waals surface area contributed by atoms with Crippen LogP contribution in [0, 0.1) is 5.21 Å². The first-order chi connectivity index (χ1) is 10.0. The van der Waals surface area contributed by atoms with E-state index in [1.54, 1.807) is 0 Å². The van der Waals surface area contributed by atoms with Gasteiger partial charge in [-0.1, -0.05) is 0 Å². The van der Waals surface area contributed by atoms with Gasteiger partial charge in [-0.15, -0.1) is 5.01 Å². The molecule has 0 N–H and O–H groups in total. The quantitative estimate of drug-likeness (QED) is 0.443. The fourth-order valence-electron chi connectivity index (χ4n) is 2.43. The van der Waals surface area contributed by atoms with E-state index in [1.807, 2.05) is 27.7 Å². The molecule has 1 saturated heterocycles. The lowest BCUT2D eigenvalue weighted by Crippen LogP contribution is -2.46. The molecule has 0 spiro atoms. The maximum Gasteiger partial charge on any atom is 0.401 e. The molecule has 0 amide bonds. The van der Waals surface area contributed by atoms with Gasteiger partial charge in [-0.25, -0.2) is 0 Å². The van der Waals surface area contributed by atoms with Crippen molar-refractivity contribution < 1.29 is 23.0 Å². The van der Waals surface area contributed by atoms with Crippen molar-refractivity contribution in [3.63, 3.8) is 0 Å². The van der Waals surface area contributed by atoms with Crippen LogP contribution in [0.15, 0.2) is 5.28 Å². The van der Waals surface area contributed by atoms with Gasteiger partial charge >= 0.3 is 6.18 Å². The Labute approximate surface area is 129 Å². The third-order valence-electron chi connectivity index (χ3n) is 3.48. The topological polar surface area (TPSA) is 54.1 Å². The standard InChI is InChI=1S/C13H25F3N4O2/c1-5-19(12(2,3)4)20(21)17-22-11-6-8-18(9-7-11)10-13(14,15)16/h11H,5-10H2,1-4H3/b20-17+. The van der Waals surface area contributed by atoms with Crippen LogP contribution in [0.4, 0.5) is 13.2 Å². The van der Waals surface area contributed by atoms with Crippen molar-refractivity contribution in [1.29, 1.82) is 0 Å². The number of rotatable bonds is 5. The molecule has 1 rings (SSSR count). The second-order valence-electron chi connectivity index (χ2n) is 6.42. The molecule has 0 radical (unpaired) electrons. The molecule has 0 unspecified atom stereocenters. The van der Waals surface area contributed by atoms with E-state index in [1.165, 1.54) is 9.91 Å². The summed E-state index contributed by atoms with van der Waals surface area (Å²) in [6.45, 7) is 7.62. The highest BCUT2D eigenvalue weighted by molar-refractivity contribution is 4.74. The van der Waals surface area contributed by atoms with Gasteiger partial charge in [0.2, 0.25) is 5.28 Å². The largest absolute Gasteiger partial charge is 0.569 e. The molecule has 0 bridgehead atoms. The Hall–Kier alpha value is -1.25.